The summed E-state index contributed by atoms with van der Waals surface area (Å²) in [5, 5.41) is 0. The lowest BCUT2D eigenvalue weighted by molar-refractivity contribution is 0.176. The second kappa shape index (κ2) is 5.61. The van der Waals surface area contributed by atoms with Crippen molar-refractivity contribution in [2.45, 2.75) is 26.3 Å². The highest BCUT2D eigenvalue weighted by Crippen LogP contribution is 2.19. The molecule has 1 heterocycles. The van der Waals surface area contributed by atoms with E-state index in [2.05, 4.69) is 24.0 Å². The Morgan fingerprint density at radius 3 is 2.94 bits per heavy atom. The average molecular weight is 248 g/mol. The molecule has 92 valence electrons. The highest BCUT2D eigenvalue weighted by molar-refractivity contribution is 7.80. The lowest BCUT2D eigenvalue weighted by Crippen LogP contribution is -2.34. The maximum absolute atomic E-state index is 5.76. The van der Waals surface area contributed by atoms with Gasteiger partial charge in [0.25, 0.3) is 0 Å². The highest BCUT2D eigenvalue weighted by atomic mass is 32.1. The van der Waals surface area contributed by atoms with Crippen molar-refractivity contribution in [3.05, 3.63) is 35.4 Å². The van der Waals surface area contributed by atoms with Gasteiger partial charge in [0.15, 0.2) is 0 Å². The fraction of sp³-hybridized carbons (Fsp3) is 0.500. The molecule has 2 rings (SSSR count). The van der Waals surface area contributed by atoms with Crippen LogP contribution in [0.25, 0.3) is 0 Å². The smallest absolute Gasteiger partial charge is 0.104 e. The van der Waals surface area contributed by atoms with E-state index in [0.717, 1.165) is 18.0 Å². The van der Waals surface area contributed by atoms with Crippen molar-refractivity contribution in [1.82, 2.24) is 4.90 Å². The first-order valence-electron chi connectivity index (χ1n) is 6.27. The Balaban J connectivity index is 2.10. The Labute approximate surface area is 109 Å². The Morgan fingerprint density at radius 1 is 1.47 bits per heavy atom. The van der Waals surface area contributed by atoms with Crippen LogP contribution in [0.2, 0.25) is 0 Å². The van der Waals surface area contributed by atoms with Gasteiger partial charge in [0.05, 0.1) is 0 Å². The monoisotopic (exact) mass is 248 g/mol. The van der Waals surface area contributed by atoms with Crippen LogP contribution in [-0.2, 0) is 6.54 Å². The van der Waals surface area contributed by atoms with E-state index in [-0.39, 0.29) is 0 Å². The Kier molecular flexibility index (Phi) is 4.13. The minimum Gasteiger partial charge on any atom is -0.389 e. The van der Waals surface area contributed by atoms with Gasteiger partial charge in [-0.2, -0.15) is 0 Å². The standard InChI is InChI=1S/C14H20N2S/c1-11-5-4-8-16(9-11)10-12-6-2-3-7-13(12)14(15)17/h2-3,6-7,11H,4-5,8-10H2,1H3,(H2,15,17). The molecular formula is C14H20N2S. The number of rotatable bonds is 3. The Hall–Kier alpha value is -0.930. The van der Waals surface area contributed by atoms with Crippen molar-refractivity contribution in [1.29, 1.82) is 0 Å². The minimum absolute atomic E-state index is 0.505. The minimum atomic E-state index is 0.505. The van der Waals surface area contributed by atoms with E-state index >= 15 is 0 Å². The zero-order valence-electron chi connectivity index (χ0n) is 10.4. The van der Waals surface area contributed by atoms with Gasteiger partial charge in [-0.1, -0.05) is 43.4 Å². The highest BCUT2D eigenvalue weighted by Gasteiger charge is 2.17. The van der Waals surface area contributed by atoms with Crippen molar-refractivity contribution in [2.24, 2.45) is 11.7 Å². The largest absolute Gasteiger partial charge is 0.389 e. The summed E-state index contributed by atoms with van der Waals surface area (Å²) in [6, 6.07) is 8.21. The summed E-state index contributed by atoms with van der Waals surface area (Å²) in [5.41, 5.74) is 8.05. The number of nitrogens with zero attached hydrogens (tertiary/aromatic N) is 1. The number of hydrogen-bond donors (Lipinski definition) is 1. The molecule has 1 unspecified atom stereocenters. The van der Waals surface area contributed by atoms with Crippen LogP contribution in [0.15, 0.2) is 24.3 Å². The van der Waals surface area contributed by atoms with Crippen LogP contribution < -0.4 is 5.73 Å². The fourth-order valence-corrected chi connectivity index (χ4v) is 2.77. The molecule has 1 aliphatic heterocycles. The summed E-state index contributed by atoms with van der Waals surface area (Å²) in [7, 11) is 0. The summed E-state index contributed by atoms with van der Waals surface area (Å²) in [5.74, 6) is 0.806. The molecular weight excluding hydrogens is 228 g/mol. The second-order valence-electron chi connectivity index (χ2n) is 5.00. The molecule has 17 heavy (non-hydrogen) atoms. The van der Waals surface area contributed by atoms with Crippen LogP contribution >= 0.6 is 12.2 Å². The maximum Gasteiger partial charge on any atom is 0.104 e. The third-order valence-corrected chi connectivity index (χ3v) is 3.64. The van der Waals surface area contributed by atoms with E-state index in [0.29, 0.717) is 4.99 Å². The normalized spacial score (nSPS) is 21.4. The summed E-state index contributed by atoms with van der Waals surface area (Å²) < 4.78 is 0. The fourth-order valence-electron chi connectivity index (χ4n) is 2.57. The molecule has 1 aromatic rings. The van der Waals surface area contributed by atoms with Gasteiger partial charge in [-0.05, 0) is 30.9 Å². The van der Waals surface area contributed by atoms with Gasteiger partial charge in [0.1, 0.15) is 4.99 Å². The van der Waals surface area contributed by atoms with Gasteiger partial charge < -0.3 is 5.73 Å². The molecule has 0 spiro atoms. The summed E-state index contributed by atoms with van der Waals surface area (Å²) in [6.07, 6.45) is 2.66. The van der Waals surface area contributed by atoms with Crippen LogP contribution in [0, 0.1) is 5.92 Å². The zero-order chi connectivity index (χ0) is 12.3. The summed E-state index contributed by atoms with van der Waals surface area (Å²) in [6.45, 7) is 5.67. The molecule has 0 aromatic heterocycles. The van der Waals surface area contributed by atoms with E-state index in [1.54, 1.807) is 0 Å². The molecule has 0 amide bonds. The van der Waals surface area contributed by atoms with E-state index in [1.807, 2.05) is 12.1 Å². The molecule has 1 fully saturated rings. The molecule has 2 N–H and O–H groups in total. The molecule has 0 radical (unpaired) electrons. The van der Waals surface area contributed by atoms with Gasteiger partial charge in [0, 0.05) is 18.7 Å². The van der Waals surface area contributed by atoms with Gasteiger partial charge in [0.2, 0.25) is 0 Å². The van der Waals surface area contributed by atoms with E-state index in [9.17, 15) is 0 Å². The Morgan fingerprint density at radius 2 is 2.24 bits per heavy atom. The molecule has 1 saturated heterocycles. The molecule has 1 aliphatic rings. The number of likely N-dealkylation sites (tertiary alicyclic amines) is 1. The van der Waals surface area contributed by atoms with Crippen molar-refractivity contribution < 1.29 is 0 Å². The van der Waals surface area contributed by atoms with Gasteiger partial charge in [-0.3, -0.25) is 4.90 Å². The lowest BCUT2D eigenvalue weighted by atomic mass is 9.99. The maximum atomic E-state index is 5.76. The molecule has 3 heteroatoms. The number of piperidine rings is 1. The third-order valence-electron chi connectivity index (χ3n) is 3.42. The van der Waals surface area contributed by atoms with Crippen LogP contribution in [0.3, 0.4) is 0 Å². The van der Waals surface area contributed by atoms with Gasteiger partial charge in [-0.25, -0.2) is 0 Å². The first kappa shape index (κ1) is 12.5. The van der Waals surface area contributed by atoms with E-state index in [1.165, 1.54) is 31.5 Å². The average Bonchev–Trinajstić information content (AvgIpc) is 2.29. The second-order valence-corrected chi connectivity index (χ2v) is 5.44. The molecule has 2 nitrogen and oxygen atoms in total. The molecule has 0 bridgehead atoms. The SMILES string of the molecule is CC1CCCN(Cc2ccccc2C(N)=S)C1. The molecule has 0 aliphatic carbocycles. The Bertz CT molecular complexity index is 403. The predicted molar refractivity (Wildman–Crippen MR) is 76.0 cm³/mol. The first-order chi connectivity index (χ1) is 8.16. The third kappa shape index (κ3) is 3.27. The number of benzene rings is 1. The topological polar surface area (TPSA) is 29.3 Å². The van der Waals surface area contributed by atoms with Crippen LogP contribution in [0.4, 0.5) is 0 Å². The van der Waals surface area contributed by atoms with Crippen molar-refractivity contribution in [2.75, 3.05) is 13.1 Å². The predicted octanol–water partition coefficient (Wildman–Crippen LogP) is 2.55. The van der Waals surface area contributed by atoms with Crippen LogP contribution in [0.1, 0.15) is 30.9 Å². The number of hydrogen-bond acceptors (Lipinski definition) is 2. The lowest BCUT2D eigenvalue weighted by Gasteiger charge is -2.31. The van der Waals surface area contributed by atoms with Crippen molar-refractivity contribution in [3.63, 3.8) is 0 Å². The molecule has 0 saturated carbocycles. The quantitative estimate of drug-likeness (QED) is 0.834. The molecule has 1 atom stereocenters. The van der Waals surface area contributed by atoms with Crippen LogP contribution in [0.5, 0.6) is 0 Å². The van der Waals surface area contributed by atoms with E-state index in [4.69, 9.17) is 18.0 Å². The molecule has 1 aromatic carbocycles. The van der Waals surface area contributed by atoms with Crippen molar-refractivity contribution >= 4 is 17.2 Å². The number of thiocarbonyl (C=S) groups is 1. The van der Waals surface area contributed by atoms with Gasteiger partial charge >= 0.3 is 0 Å². The van der Waals surface area contributed by atoms with Crippen LogP contribution in [-0.4, -0.2) is 23.0 Å². The van der Waals surface area contributed by atoms with E-state index < -0.39 is 0 Å². The number of nitrogens with two attached hydrogens (primary N) is 1. The summed E-state index contributed by atoms with van der Waals surface area (Å²) in [4.78, 5) is 3.01. The first-order valence-corrected chi connectivity index (χ1v) is 6.67. The van der Waals surface area contributed by atoms with Crippen molar-refractivity contribution in [3.8, 4) is 0 Å². The zero-order valence-corrected chi connectivity index (χ0v) is 11.2. The summed E-state index contributed by atoms with van der Waals surface area (Å²) >= 11 is 5.10. The van der Waals surface area contributed by atoms with Gasteiger partial charge in [-0.15, -0.1) is 0 Å².